The van der Waals surface area contributed by atoms with Gasteiger partial charge in [-0.3, -0.25) is 48.4 Å². The molecule has 1 aliphatic rings. The Morgan fingerprint density at radius 3 is 1.35 bits per heavy atom. The van der Waals surface area contributed by atoms with Crippen LogP contribution in [0, 0.1) is 0 Å². The zero-order valence-electron chi connectivity index (χ0n) is 44.8. The molecule has 18 nitrogen and oxygen atoms in total. The van der Waals surface area contributed by atoms with E-state index in [2.05, 4.69) is 16.1 Å². The Hall–Kier alpha value is -5.66. The number of hydrogen-bond donors (Lipinski definition) is 3. The first-order valence-corrected chi connectivity index (χ1v) is 24.8. The van der Waals surface area contributed by atoms with Gasteiger partial charge in [0.15, 0.2) is 0 Å². The van der Waals surface area contributed by atoms with Gasteiger partial charge in [0.25, 0.3) is 5.91 Å². The molecule has 72 heavy (non-hydrogen) atoms. The Kier molecular flexibility index (Phi) is 22.0. The van der Waals surface area contributed by atoms with Crippen LogP contribution >= 0.6 is 0 Å². The number of amides is 3. The summed E-state index contributed by atoms with van der Waals surface area (Å²) in [5, 5.41) is 7.78. The standard InChI is InChI=1S/C54H81N7O11/c1-51(2,3)69-46(63)35-59-25-23-58(24-26-60(36-47(64)70-52(4,5)6)28-30-61(29-27-59)37-48(65)71-53(7,8)9)34-45(62)55-33-39-17-19-40(20-18-39)38-68-57-49(66)44(56-50(67)72-54(10,11)12)32-41-21-22-42-15-13-14-16-43(42)31-41/h13-22,31,44H,23-30,32-38H2,1-12H3,(H,55,62)(H,56,67)(H,57,66)/t44-/m1/s1. The minimum atomic E-state index is -0.982. The summed E-state index contributed by atoms with van der Waals surface area (Å²) in [4.78, 5) is 92.6. The second-order valence-corrected chi connectivity index (χ2v) is 22.3. The predicted octanol–water partition coefficient (Wildman–Crippen LogP) is 5.39. The number of nitrogens with zero attached hydrogens (tertiary/aromatic N) is 4. The quantitative estimate of drug-likeness (QED) is 0.0884. The van der Waals surface area contributed by atoms with Crippen LogP contribution in [0.2, 0.25) is 0 Å². The van der Waals surface area contributed by atoms with E-state index < -0.39 is 40.4 Å². The summed E-state index contributed by atoms with van der Waals surface area (Å²) in [7, 11) is 0. The van der Waals surface area contributed by atoms with Crippen molar-refractivity contribution in [2.75, 3.05) is 78.5 Å². The van der Waals surface area contributed by atoms with Gasteiger partial charge in [-0.2, -0.15) is 0 Å². The average Bonchev–Trinajstić information content (AvgIpc) is 3.24. The molecule has 1 saturated heterocycles. The van der Waals surface area contributed by atoms with Gasteiger partial charge in [-0.05, 0) is 111 Å². The van der Waals surface area contributed by atoms with Crippen LogP contribution in [-0.2, 0) is 67.3 Å². The van der Waals surface area contributed by atoms with E-state index in [1.165, 1.54) is 0 Å². The maximum absolute atomic E-state index is 13.6. The summed E-state index contributed by atoms with van der Waals surface area (Å²) in [6, 6.07) is 20.2. The monoisotopic (exact) mass is 1000 g/mol. The molecule has 1 heterocycles. The number of rotatable bonds is 17. The topological polar surface area (TPSA) is 198 Å². The SMILES string of the molecule is CC(C)(C)OC(=O)CN1CCN(CC(=O)NCc2ccc(CONC(=O)[C@@H](Cc3ccc4ccccc4c3)NC(=O)OC(C)(C)C)cc2)CCN(CC(=O)OC(C)(C)C)CCN(CC(=O)OC(C)(C)C)CC1. The number of alkyl carbamates (subject to hydrolysis) is 1. The van der Waals surface area contributed by atoms with Crippen molar-refractivity contribution in [2.24, 2.45) is 0 Å². The van der Waals surface area contributed by atoms with Gasteiger partial charge in [0.2, 0.25) is 5.91 Å². The van der Waals surface area contributed by atoms with Crippen molar-refractivity contribution in [3.05, 3.63) is 83.4 Å². The lowest BCUT2D eigenvalue weighted by Crippen LogP contribution is -2.50. The Morgan fingerprint density at radius 1 is 0.500 bits per heavy atom. The second kappa shape index (κ2) is 26.9. The van der Waals surface area contributed by atoms with E-state index in [4.69, 9.17) is 23.8 Å². The highest BCUT2D eigenvalue weighted by Crippen LogP contribution is 2.18. The van der Waals surface area contributed by atoms with E-state index in [-0.39, 0.29) is 69.6 Å². The van der Waals surface area contributed by atoms with E-state index >= 15 is 0 Å². The molecule has 0 aliphatic carbocycles. The van der Waals surface area contributed by atoms with Gasteiger partial charge < -0.3 is 29.6 Å². The molecular weight excluding hydrogens is 923 g/mol. The molecule has 0 bridgehead atoms. The Bertz CT molecular complexity index is 2220. The van der Waals surface area contributed by atoms with Crippen molar-refractivity contribution in [1.29, 1.82) is 0 Å². The van der Waals surface area contributed by atoms with E-state index in [0.717, 1.165) is 27.5 Å². The normalized spacial score (nSPS) is 15.8. The molecule has 1 fully saturated rings. The fraction of sp³-hybridized carbons (Fsp3) is 0.593. The molecule has 1 aliphatic heterocycles. The smallest absolute Gasteiger partial charge is 0.408 e. The number of fused-ring (bicyclic) bond motifs is 1. The van der Waals surface area contributed by atoms with Crippen molar-refractivity contribution in [3.63, 3.8) is 0 Å². The molecule has 1 atom stereocenters. The molecule has 0 spiro atoms. The fourth-order valence-electron chi connectivity index (χ4n) is 7.62. The van der Waals surface area contributed by atoms with Gasteiger partial charge >= 0.3 is 24.0 Å². The summed E-state index contributed by atoms with van der Waals surface area (Å²) in [5.74, 6) is -1.88. The van der Waals surface area contributed by atoms with Gasteiger partial charge in [0.1, 0.15) is 28.4 Å². The highest BCUT2D eigenvalue weighted by atomic mass is 16.7. The van der Waals surface area contributed by atoms with Crippen molar-refractivity contribution in [1.82, 2.24) is 35.7 Å². The van der Waals surface area contributed by atoms with Crippen LogP contribution in [-0.4, -0.2) is 162 Å². The van der Waals surface area contributed by atoms with Crippen molar-refractivity contribution in [2.45, 2.75) is 131 Å². The Morgan fingerprint density at radius 2 is 0.903 bits per heavy atom. The predicted molar refractivity (Wildman–Crippen MR) is 275 cm³/mol. The Labute approximate surface area is 426 Å². The molecule has 0 saturated carbocycles. The maximum Gasteiger partial charge on any atom is 0.408 e. The third-order valence-electron chi connectivity index (χ3n) is 10.8. The molecule has 3 N–H and O–H groups in total. The van der Waals surface area contributed by atoms with Crippen LogP contribution in [0.1, 0.15) is 99.8 Å². The third-order valence-corrected chi connectivity index (χ3v) is 10.8. The molecular formula is C54H81N7O11. The molecule has 3 aromatic rings. The molecule has 3 amide bonds. The number of carbonyl (C=O) groups excluding carboxylic acids is 6. The first-order chi connectivity index (χ1) is 33.6. The number of hydroxylamine groups is 1. The van der Waals surface area contributed by atoms with Gasteiger partial charge in [0, 0.05) is 65.3 Å². The first-order valence-electron chi connectivity index (χ1n) is 24.8. The minimum Gasteiger partial charge on any atom is -0.459 e. The van der Waals surface area contributed by atoms with Crippen LogP contribution < -0.4 is 16.1 Å². The van der Waals surface area contributed by atoms with Gasteiger partial charge in [-0.25, -0.2) is 10.3 Å². The van der Waals surface area contributed by atoms with Crippen LogP contribution in [0.15, 0.2) is 66.7 Å². The number of hydrogen-bond acceptors (Lipinski definition) is 15. The summed E-state index contributed by atoms with van der Waals surface area (Å²) in [6.45, 7) is 25.5. The number of benzene rings is 3. The number of nitrogens with one attached hydrogen (secondary N) is 3. The number of ether oxygens (including phenoxy) is 4. The first kappa shape index (κ1) is 58.9. The molecule has 4 rings (SSSR count). The van der Waals surface area contributed by atoms with Crippen molar-refractivity contribution in [3.8, 4) is 0 Å². The zero-order valence-corrected chi connectivity index (χ0v) is 44.8. The molecule has 3 aromatic carbocycles. The van der Waals surface area contributed by atoms with E-state index in [1.54, 1.807) is 20.8 Å². The zero-order chi connectivity index (χ0) is 53.3. The number of esters is 3. The second-order valence-electron chi connectivity index (χ2n) is 22.3. The van der Waals surface area contributed by atoms with Crippen LogP contribution in [0.3, 0.4) is 0 Å². The summed E-state index contributed by atoms with van der Waals surface area (Å²) in [6.07, 6.45) is -0.520. The van der Waals surface area contributed by atoms with E-state index in [9.17, 15) is 28.8 Å². The summed E-state index contributed by atoms with van der Waals surface area (Å²) < 4.78 is 22.4. The molecule has 18 heteroatoms. The average molecular weight is 1000 g/mol. The van der Waals surface area contributed by atoms with Crippen molar-refractivity contribution < 1.29 is 52.6 Å². The largest absolute Gasteiger partial charge is 0.459 e. The van der Waals surface area contributed by atoms with E-state index in [0.29, 0.717) is 52.4 Å². The Balaban J connectivity index is 1.38. The molecule has 398 valence electrons. The third kappa shape index (κ3) is 24.2. The van der Waals surface area contributed by atoms with Gasteiger partial charge in [-0.1, -0.05) is 66.7 Å². The van der Waals surface area contributed by atoms with E-state index in [1.807, 2.05) is 149 Å². The van der Waals surface area contributed by atoms with Crippen molar-refractivity contribution >= 4 is 46.6 Å². The van der Waals surface area contributed by atoms with Gasteiger partial charge in [0.05, 0.1) is 32.8 Å². The lowest BCUT2D eigenvalue weighted by molar-refractivity contribution is -0.158. The molecule has 0 aromatic heterocycles. The van der Waals surface area contributed by atoms with Crippen LogP contribution in [0.25, 0.3) is 10.8 Å². The maximum atomic E-state index is 13.6. The minimum absolute atomic E-state index is 0.0215. The lowest BCUT2D eigenvalue weighted by atomic mass is 10.0. The van der Waals surface area contributed by atoms with Crippen LogP contribution in [0.5, 0.6) is 0 Å². The highest BCUT2D eigenvalue weighted by Gasteiger charge is 2.28. The molecule has 0 radical (unpaired) electrons. The fourth-order valence-corrected chi connectivity index (χ4v) is 7.62. The van der Waals surface area contributed by atoms with Crippen LogP contribution in [0.4, 0.5) is 4.79 Å². The molecule has 0 unspecified atom stereocenters. The highest BCUT2D eigenvalue weighted by molar-refractivity contribution is 5.86. The number of carbonyl (C=O) groups is 6. The summed E-state index contributed by atoms with van der Waals surface area (Å²) in [5.41, 5.74) is 2.16. The summed E-state index contributed by atoms with van der Waals surface area (Å²) >= 11 is 0. The lowest BCUT2D eigenvalue weighted by Gasteiger charge is -2.34. The van der Waals surface area contributed by atoms with Gasteiger partial charge in [-0.15, -0.1) is 0 Å².